The number of likely N-dealkylation sites (tertiary alicyclic amines) is 1. The molecule has 2 fully saturated rings. The van der Waals surface area contributed by atoms with Gasteiger partial charge in [0.05, 0.1) is 0 Å². The molecule has 0 aromatic heterocycles. The molecule has 0 radical (unpaired) electrons. The van der Waals surface area contributed by atoms with Crippen molar-refractivity contribution in [3.63, 3.8) is 0 Å². The van der Waals surface area contributed by atoms with Gasteiger partial charge >= 0.3 is 0 Å². The topological polar surface area (TPSA) is 29.3 Å². The van der Waals surface area contributed by atoms with Crippen LogP contribution in [0.1, 0.15) is 39.5 Å². The molecule has 3 unspecified atom stereocenters. The van der Waals surface area contributed by atoms with Gasteiger partial charge in [0, 0.05) is 18.1 Å². The molecule has 2 rings (SSSR count). The Morgan fingerprint density at radius 2 is 2.00 bits per heavy atom. The van der Waals surface area contributed by atoms with Gasteiger partial charge in [-0.25, -0.2) is 0 Å². The fraction of sp³-hybridized carbons (Fsp3) is 1.00. The molecule has 2 N–H and O–H groups in total. The average Bonchev–Trinajstić information content (AvgIpc) is 2.91. The number of rotatable bonds is 2. The molecular formula is C11H22N2. The van der Waals surface area contributed by atoms with Crippen LogP contribution in [0.4, 0.5) is 0 Å². The zero-order valence-corrected chi connectivity index (χ0v) is 8.87. The molecule has 2 nitrogen and oxygen atoms in total. The quantitative estimate of drug-likeness (QED) is 0.703. The maximum atomic E-state index is 6.09. The van der Waals surface area contributed by atoms with Crippen molar-refractivity contribution < 1.29 is 0 Å². The molecule has 2 aliphatic rings. The highest BCUT2D eigenvalue weighted by atomic mass is 15.2. The number of nitrogens with zero attached hydrogens (tertiary/aromatic N) is 1. The van der Waals surface area contributed by atoms with E-state index in [1.54, 1.807) is 0 Å². The van der Waals surface area contributed by atoms with E-state index >= 15 is 0 Å². The van der Waals surface area contributed by atoms with Crippen molar-refractivity contribution in [3.8, 4) is 0 Å². The summed E-state index contributed by atoms with van der Waals surface area (Å²) in [5, 5.41) is 0. The fourth-order valence-corrected chi connectivity index (χ4v) is 2.62. The number of hydrogen-bond acceptors (Lipinski definition) is 2. The molecule has 2 heteroatoms. The van der Waals surface area contributed by atoms with E-state index in [1.165, 1.54) is 32.2 Å². The monoisotopic (exact) mass is 182 g/mol. The number of nitrogens with two attached hydrogens (primary N) is 1. The molecular weight excluding hydrogens is 160 g/mol. The molecule has 1 aliphatic carbocycles. The lowest BCUT2D eigenvalue weighted by atomic mass is 9.95. The van der Waals surface area contributed by atoms with Crippen molar-refractivity contribution in [1.82, 2.24) is 4.90 Å². The predicted octanol–water partition coefficient (Wildman–Crippen LogP) is 1.60. The molecule has 0 aromatic rings. The van der Waals surface area contributed by atoms with Gasteiger partial charge in [0.2, 0.25) is 0 Å². The van der Waals surface area contributed by atoms with Crippen LogP contribution < -0.4 is 5.73 Å². The Morgan fingerprint density at radius 3 is 2.62 bits per heavy atom. The first kappa shape index (κ1) is 9.47. The number of piperidine rings is 1. The predicted molar refractivity (Wildman–Crippen MR) is 55.6 cm³/mol. The van der Waals surface area contributed by atoms with Crippen molar-refractivity contribution in [2.75, 3.05) is 6.54 Å². The van der Waals surface area contributed by atoms with Crippen molar-refractivity contribution in [2.45, 2.75) is 57.7 Å². The molecule has 1 saturated heterocycles. The molecule has 3 atom stereocenters. The van der Waals surface area contributed by atoms with E-state index in [2.05, 4.69) is 18.7 Å². The van der Waals surface area contributed by atoms with E-state index in [0.717, 1.165) is 12.0 Å². The highest BCUT2D eigenvalue weighted by Gasteiger charge is 2.36. The van der Waals surface area contributed by atoms with Gasteiger partial charge in [-0.15, -0.1) is 0 Å². The summed E-state index contributed by atoms with van der Waals surface area (Å²) in [5.74, 6) is 0.979. The minimum absolute atomic E-state index is 0.412. The summed E-state index contributed by atoms with van der Waals surface area (Å²) < 4.78 is 0. The average molecular weight is 182 g/mol. The van der Waals surface area contributed by atoms with Crippen LogP contribution in [0.5, 0.6) is 0 Å². The zero-order valence-electron chi connectivity index (χ0n) is 8.87. The first-order valence-electron chi connectivity index (χ1n) is 5.71. The van der Waals surface area contributed by atoms with Crippen LogP contribution in [0.15, 0.2) is 0 Å². The highest BCUT2D eigenvalue weighted by Crippen LogP contribution is 2.37. The van der Waals surface area contributed by atoms with Gasteiger partial charge in [-0.3, -0.25) is 4.90 Å². The van der Waals surface area contributed by atoms with Gasteiger partial charge in [0.1, 0.15) is 0 Å². The number of hydrogen-bond donors (Lipinski definition) is 1. The minimum atomic E-state index is 0.412. The second-order valence-corrected chi connectivity index (χ2v) is 4.86. The molecule has 76 valence electrons. The fourth-order valence-electron chi connectivity index (χ4n) is 2.62. The second kappa shape index (κ2) is 3.58. The van der Waals surface area contributed by atoms with E-state index in [1.807, 2.05) is 0 Å². The second-order valence-electron chi connectivity index (χ2n) is 4.86. The van der Waals surface area contributed by atoms with E-state index in [4.69, 9.17) is 5.73 Å². The Morgan fingerprint density at radius 1 is 1.31 bits per heavy atom. The first-order chi connectivity index (χ1) is 6.20. The summed E-state index contributed by atoms with van der Waals surface area (Å²) in [4.78, 5) is 2.63. The van der Waals surface area contributed by atoms with Gasteiger partial charge in [-0.2, -0.15) is 0 Å². The molecule has 0 amide bonds. The van der Waals surface area contributed by atoms with Crippen LogP contribution in [0.25, 0.3) is 0 Å². The maximum Gasteiger partial charge on any atom is 0.0221 e. The third-order valence-electron chi connectivity index (χ3n) is 3.92. The summed E-state index contributed by atoms with van der Waals surface area (Å²) >= 11 is 0. The largest absolute Gasteiger partial charge is 0.326 e. The Balaban J connectivity index is 1.95. The first-order valence-corrected chi connectivity index (χ1v) is 5.71. The van der Waals surface area contributed by atoms with Gasteiger partial charge in [0.25, 0.3) is 0 Å². The maximum absolute atomic E-state index is 6.09. The van der Waals surface area contributed by atoms with E-state index < -0.39 is 0 Å². The summed E-state index contributed by atoms with van der Waals surface area (Å²) in [7, 11) is 0. The standard InChI is InChI=1S/C11H22N2/c1-8(10-5-6-10)13-7-3-4-11(12)9(13)2/h8-11H,3-7,12H2,1-2H3. The molecule has 0 aromatic carbocycles. The highest BCUT2D eigenvalue weighted by molar-refractivity contribution is 4.92. The Hall–Kier alpha value is -0.0800. The Kier molecular flexibility index (Phi) is 2.61. The summed E-state index contributed by atoms with van der Waals surface area (Å²) in [6, 6.07) is 1.79. The van der Waals surface area contributed by atoms with Crippen LogP contribution in [-0.4, -0.2) is 29.6 Å². The van der Waals surface area contributed by atoms with Crippen molar-refractivity contribution in [2.24, 2.45) is 11.7 Å². The summed E-state index contributed by atoms with van der Waals surface area (Å²) in [6.07, 6.45) is 5.40. The van der Waals surface area contributed by atoms with Crippen molar-refractivity contribution in [1.29, 1.82) is 0 Å². The lowest BCUT2D eigenvalue weighted by Crippen LogP contribution is -2.54. The third kappa shape index (κ3) is 1.89. The normalized spacial score (nSPS) is 39.0. The molecule has 0 spiro atoms. The zero-order chi connectivity index (χ0) is 9.42. The molecule has 1 saturated carbocycles. The summed E-state index contributed by atoms with van der Waals surface area (Å²) in [5.41, 5.74) is 6.09. The van der Waals surface area contributed by atoms with Crippen LogP contribution in [0, 0.1) is 5.92 Å². The van der Waals surface area contributed by atoms with Crippen LogP contribution in [0.2, 0.25) is 0 Å². The van der Waals surface area contributed by atoms with Crippen LogP contribution in [0.3, 0.4) is 0 Å². The van der Waals surface area contributed by atoms with Crippen LogP contribution in [-0.2, 0) is 0 Å². The third-order valence-corrected chi connectivity index (χ3v) is 3.92. The van der Waals surface area contributed by atoms with E-state index in [-0.39, 0.29) is 0 Å². The SMILES string of the molecule is CC1C(N)CCCN1C(C)C1CC1. The molecule has 1 heterocycles. The smallest absolute Gasteiger partial charge is 0.0221 e. The van der Waals surface area contributed by atoms with Crippen molar-refractivity contribution >= 4 is 0 Å². The lowest BCUT2D eigenvalue weighted by Gasteiger charge is -2.41. The van der Waals surface area contributed by atoms with Crippen molar-refractivity contribution in [3.05, 3.63) is 0 Å². The Labute approximate surface area is 81.5 Å². The van der Waals surface area contributed by atoms with Gasteiger partial charge in [-0.1, -0.05) is 0 Å². The van der Waals surface area contributed by atoms with Gasteiger partial charge < -0.3 is 5.73 Å². The molecule has 13 heavy (non-hydrogen) atoms. The lowest BCUT2D eigenvalue weighted by molar-refractivity contribution is 0.0873. The Bertz CT molecular complexity index is 173. The van der Waals surface area contributed by atoms with E-state index in [0.29, 0.717) is 12.1 Å². The summed E-state index contributed by atoms with van der Waals surface area (Å²) in [6.45, 7) is 5.95. The van der Waals surface area contributed by atoms with Gasteiger partial charge in [-0.05, 0) is 52.0 Å². The van der Waals surface area contributed by atoms with E-state index in [9.17, 15) is 0 Å². The molecule has 1 aliphatic heterocycles. The molecule has 0 bridgehead atoms. The minimum Gasteiger partial charge on any atom is -0.326 e. The van der Waals surface area contributed by atoms with Crippen LogP contribution >= 0.6 is 0 Å². The van der Waals surface area contributed by atoms with Gasteiger partial charge in [0.15, 0.2) is 0 Å².